The Kier molecular flexibility index (Phi) is 3.40. The molecular weight excluding hydrogens is 316 g/mol. The Balaban J connectivity index is 1.97. The van der Waals surface area contributed by atoms with Gasteiger partial charge in [-0.25, -0.2) is 18.1 Å². The van der Waals surface area contributed by atoms with Crippen LogP contribution < -0.4 is 4.72 Å². The van der Waals surface area contributed by atoms with Crippen LogP contribution in [0.25, 0.3) is 5.65 Å². The fourth-order valence-corrected chi connectivity index (χ4v) is 3.50. The Morgan fingerprint density at radius 2 is 2.19 bits per heavy atom. The van der Waals surface area contributed by atoms with Crippen molar-refractivity contribution in [3.8, 4) is 0 Å². The van der Waals surface area contributed by atoms with Gasteiger partial charge in [-0.05, 0) is 12.1 Å². The summed E-state index contributed by atoms with van der Waals surface area (Å²) in [6, 6.07) is 5.13. The van der Waals surface area contributed by atoms with Crippen LogP contribution in [0.4, 0.5) is 0 Å². The molecule has 0 spiro atoms. The first-order chi connectivity index (χ1) is 9.99. The van der Waals surface area contributed by atoms with E-state index in [0.717, 1.165) is 0 Å². The maximum atomic E-state index is 12.4. The van der Waals surface area contributed by atoms with Crippen LogP contribution in [0.3, 0.4) is 0 Å². The van der Waals surface area contributed by atoms with E-state index in [9.17, 15) is 8.42 Å². The van der Waals surface area contributed by atoms with Gasteiger partial charge in [0.05, 0.1) is 6.54 Å². The van der Waals surface area contributed by atoms with Crippen molar-refractivity contribution < 1.29 is 8.42 Å². The smallest absolute Gasteiger partial charge is 0.260 e. The summed E-state index contributed by atoms with van der Waals surface area (Å²) in [6.45, 7) is 0.00916. The number of rotatable bonds is 4. The van der Waals surface area contributed by atoms with Crippen molar-refractivity contribution in [3.05, 3.63) is 41.7 Å². The normalized spacial score (nSPS) is 12.1. The monoisotopic (exact) mass is 326 g/mol. The van der Waals surface area contributed by atoms with E-state index in [1.54, 1.807) is 36.0 Å². The van der Waals surface area contributed by atoms with Gasteiger partial charge in [0.25, 0.3) is 10.0 Å². The van der Waals surface area contributed by atoms with Gasteiger partial charge in [-0.3, -0.25) is 4.40 Å². The first kappa shape index (κ1) is 14.0. The molecule has 0 unspecified atom stereocenters. The van der Waals surface area contributed by atoms with Crippen molar-refractivity contribution in [2.45, 2.75) is 11.6 Å². The van der Waals surface area contributed by atoms with Gasteiger partial charge < -0.3 is 4.57 Å². The summed E-state index contributed by atoms with van der Waals surface area (Å²) < 4.78 is 30.3. The van der Waals surface area contributed by atoms with Crippen molar-refractivity contribution in [1.29, 1.82) is 0 Å². The van der Waals surface area contributed by atoms with Gasteiger partial charge in [0.15, 0.2) is 10.2 Å². The molecule has 0 atom stereocenters. The molecule has 1 N–H and O–H groups in total. The molecule has 0 saturated heterocycles. The molecule has 0 radical (unpaired) electrons. The van der Waals surface area contributed by atoms with Gasteiger partial charge in [0.2, 0.25) is 0 Å². The quantitative estimate of drug-likeness (QED) is 0.757. The lowest BCUT2D eigenvalue weighted by Gasteiger charge is -2.06. The maximum absolute atomic E-state index is 12.4. The Bertz CT molecular complexity index is 900. The number of hydrogen-bond acceptors (Lipinski definition) is 5. The van der Waals surface area contributed by atoms with Crippen LogP contribution in [0, 0.1) is 0 Å². The molecule has 0 aliphatic rings. The average molecular weight is 327 g/mol. The van der Waals surface area contributed by atoms with E-state index in [0.29, 0.717) is 11.5 Å². The van der Waals surface area contributed by atoms with Gasteiger partial charge in [-0.2, -0.15) is 0 Å². The highest BCUT2D eigenvalue weighted by Crippen LogP contribution is 2.22. The van der Waals surface area contributed by atoms with Crippen LogP contribution in [0.1, 0.15) is 5.82 Å². The minimum Gasteiger partial charge on any atom is -0.320 e. The SMILES string of the molecule is Cn1cnnc1CNS(=O)(=O)c1c(Cl)nc2ccccn12. The Hall–Kier alpha value is -1.97. The van der Waals surface area contributed by atoms with E-state index >= 15 is 0 Å². The van der Waals surface area contributed by atoms with Crippen LogP contribution in [0.2, 0.25) is 5.15 Å². The number of sulfonamides is 1. The highest BCUT2D eigenvalue weighted by molar-refractivity contribution is 7.89. The van der Waals surface area contributed by atoms with E-state index < -0.39 is 10.0 Å². The second kappa shape index (κ2) is 5.10. The molecule has 0 aliphatic carbocycles. The van der Waals surface area contributed by atoms with E-state index in [1.165, 1.54) is 10.7 Å². The van der Waals surface area contributed by atoms with E-state index in [4.69, 9.17) is 11.6 Å². The Morgan fingerprint density at radius 3 is 2.90 bits per heavy atom. The molecule has 10 heteroatoms. The van der Waals surface area contributed by atoms with Crippen LogP contribution in [0.5, 0.6) is 0 Å². The van der Waals surface area contributed by atoms with Crippen LogP contribution in [-0.4, -0.2) is 32.6 Å². The molecule has 110 valence electrons. The minimum absolute atomic E-state index is 0.00916. The summed E-state index contributed by atoms with van der Waals surface area (Å²) in [5, 5.41) is 7.33. The molecule has 0 amide bonds. The fourth-order valence-electron chi connectivity index (χ4n) is 1.88. The predicted molar refractivity (Wildman–Crippen MR) is 75.2 cm³/mol. The summed E-state index contributed by atoms with van der Waals surface area (Å²) in [7, 11) is -2.10. The lowest BCUT2D eigenvalue weighted by molar-refractivity contribution is 0.572. The summed E-state index contributed by atoms with van der Waals surface area (Å²) in [6.07, 6.45) is 3.08. The number of aromatic nitrogens is 5. The molecular formula is C11H11ClN6O2S. The molecule has 3 aromatic heterocycles. The number of aryl methyl sites for hydroxylation is 1. The lowest BCUT2D eigenvalue weighted by atomic mass is 10.5. The Morgan fingerprint density at radius 1 is 1.38 bits per heavy atom. The number of hydrogen-bond donors (Lipinski definition) is 1. The second-order valence-electron chi connectivity index (χ2n) is 4.32. The van der Waals surface area contributed by atoms with Crippen LogP contribution >= 0.6 is 11.6 Å². The van der Waals surface area contributed by atoms with E-state index in [1.807, 2.05) is 0 Å². The van der Waals surface area contributed by atoms with Gasteiger partial charge >= 0.3 is 0 Å². The van der Waals surface area contributed by atoms with Crippen molar-refractivity contribution in [2.75, 3.05) is 0 Å². The molecule has 8 nitrogen and oxygen atoms in total. The van der Waals surface area contributed by atoms with Crippen molar-refractivity contribution in [3.63, 3.8) is 0 Å². The lowest BCUT2D eigenvalue weighted by Crippen LogP contribution is -2.26. The number of pyridine rings is 1. The van der Waals surface area contributed by atoms with Crippen molar-refractivity contribution in [2.24, 2.45) is 7.05 Å². The summed E-state index contributed by atoms with van der Waals surface area (Å²) >= 11 is 5.96. The van der Waals surface area contributed by atoms with Crippen molar-refractivity contribution in [1.82, 2.24) is 28.9 Å². The third-order valence-electron chi connectivity index (χ3n) is 2.93. The molecule has 0 aliphatic heterocycles. The van der Waals surface area contributed by atoms with Gasteiger partial charge in [0.1, 0.15) is 17.8 Å². The summed E-state index contributed by atoms with van der Waals surface area (Å²) in [5.74, 6) is 0.489. The first-order valence-corrected chi connectivity index (χ1v) is 7.80. The summed E-state index contributed by atoms with van der Waals surface area (Å²) in [5.41, 5.74) is 0.460. The van der Waals surface area contributed by atoms with Crippen LogP contribution in [0.15, 0.2) is 35.7 Å². The minimum atomic E-state index is -3.83. The molecule has 3 heterocycles. The second-order valence-corrected chi connectivity index (χ2v) is 6.36. The molecule has 0 saturated carbocycles. The molecule has 3 rings (SSSR count). The number of halogens is 1. The molecule has 3 aromatic rings. The highest BCUT2D eigenvalue weighted by Gasteiger charge is 2.24. The molecule has 21 heavy (non-hydrogen) atoms. The third kappa shape index (κ3) is 2.50. The maximum Gasteiger partial charge on any atom is 0.260 e. The zero-order valence-electron chi connectivity index (χ0n) is 10.9. The van der Waals surface area contributed by atoms with E-state index in [-0.39, 0.29) is 16.7 Å². The van der Waals surface area contributed by atoms with Gasteiger partial charge in [0, 0.05) is 13.2 Å². The number of nitrogens with one attached hydrogen (secondary N) is 1. The first-order valence-electron chi connectivity index (χ1n) is 5.94. The zero-order chi connectivity index (χ0) is 15.0. The van der Waals surface area contributed by atoms with Gasteiger partial charge in [-0.15, -0.1) is 10.2 Å². The summed E-state index contributed by atoms with van der Waals surface area (Å²) in [4.78, 5) is 4.02. The van der Waals surface area contributed by atoms with Crippen LogP contribution in [-0.2, 0) is 23.6 Å². The topological polar surface area (TPSA) is 94.2 Å². The highest BCUT2D eigenvalue weighted by atomic mass is 35.5. The van der Waals surface area contributed by atoms with Crippen molar-refractivity contribution >= 4 is 27.3 Å². The molecule has 0 bridgehead atoms. The largest absolute Gasteiger partial charge is 0.320 e. The number of nitrogens with zero attached hydrogens (tertiary/aromatic N) is 5. The van der Waals surface area contributed by atoms with Gasteiger partial charge in [-0.1, -0.05) is 17.7 Å². The molecule has 0 fully saturated rings. The Labute approximate surface area is 125 Å². The number of imidazole rings is 1. The molecule has 0 aromatic carbocycles. The fraction of sp³-hybridized carbons (Fsp3) is 0.182. The van der Waals surface area contributed by atoms with E-state index in [2.05, 4.69) is 19.9 Å². The third-order valence-corrected chi connectivity index (χ3v) is 4.73. The average Bonchev–Trinajstić information content (AvgIpc) is 2.99. The number of fused-ring (bicyclic) bond motifs is 1. The standard InChI is InChI=1S/C11H11ClN6O2S/c1-17-7-13-16-9(17)6-14-21(19,20)11-10(12)15-8-4-2-3-5-18(8)11/h2-5,7,14H,6H2,1H3. The predicted octanol–water partition coefficient (Wildman–Crippen LogP) is 0.595. The zero-order valence-corrected chi connectivity index (χ0v) is 12.5.